The van der Waals surface area contributed by atoms with Gasteiger partial charge in [-0.3, -0.25) is 15.0 Å². The fraction of sp³-hybridized carbons (Fsp3) is 0.600. The zero-order valence-corrected chi connectivity index (χ0v) is 11.3. The van der Waals surface area contributed by atoms with Crippen molar-refractivity contribution in [3.8, 4) is 0 Å². The molecule has 1 aliphatic heterocycles. The third-order valence-electron chi connectivity index (χ3n) is 2.76. The van der Waals surface area contributed by atoms with E-state index in [1.165, 1.54) is 0 Å². The van der Waals surface area contributed by atoms with Crippen LogP contribution in [0, 0.1) is 6.92 Å². The zero-order chi connectivity index (χ0) is 13.8. The van der Waals surface area contributed by atoms with E-state index in [-0.39, 0.29) is 12.6 Å². The molecule has 104 valence electrons. The van der Waals surface area contributed by atoms with Crippen LogP contribution < -0.4 is 5.32 Å². The molecule has 1 saturated heterocycles. The SMILES string of the molecule is Cc1nsc(NC(=O)N2CCN(CC(=O)O)CC2)n1. The molecule has 1 fully saturated rings. The molecule has 2 N–H and O–H groups in total. The number of amides is 2. The van der Waals surface area contributed by atoms with Crippen LogP contribution in [-0.4, -0.2) is 69.0 Å². The predicted octanol–water partition coefficient (Wildman–Crippen LogP) is 0.0806. The molecule has 0 unspecified atom stereocenters. The van der Waals surface area contributed by atoms with Crippen LogP contribution >= 0.6 is 11.5 Å². The van der Waals surface area contributed by atoms with Gasteiger partial charge >= 0.3 is 12.0 Å². The number of nitrogens with zero attached hydrogens (tertiary/aromatic N) is 4. The Hall–Kier alpha value is -1.74. The normalized spacial score (nSPS) is 16.4. The lowest BCUT2D eigenvalue weighted by molar-refractivity contribution is -0.138. The molecule has 0 atom stereocenters. The van der Waals surface area contributed by atoms with Crippen molar-refractivity contribution >= 4 is 28.7 Å². The van der Waals surface area contributed by atoms with Crippen molar-refractivity contribution in [1.29, 1.82) is 0 Å². The van der Waals surface area contributed by atoms with Crippen molar-refractivity contribution in [3.63, 3.8) is 0 Å². The highest BCUT2D eigenvalue weighted by Crippen LogP contribution is 2.11. The summed E-state index contributed by atoms with van der Waals surface area (Å²) in [4.78, 5) is 30.0. The van der Waals surface area contributed by atoms with Gasteiger partial charge in [-0.05, 0) is 6.92 Å². The number of anilines is 1. The Bertz CT molecular complexity index is 469. The van der Waals surface area contributed by atoms with Crippen LogP contribution in [0.3, 0.4) is 0 Å². The third kappa shape index (κ3) is 3.86. The molecule has 9 heteroatoms. The van der Waals surface area contributed by atoms with Crippen molar-refractivity contribution in [2.75, 3.05) is 38.0 Å². The summed E-state index contributed by atoms with van der Waals surface area (Å²) in [7, 11) is 0. The lowest BCUT2D eigenvalue weighted by Gasteiger charge is -2.33. The molecular weight excluding hydrogens is 270 g/mol. The summed E-state index contributed by atoms with van der Waals surface area (Å²) in [6, 6.07) is -0.217. The van der Waals surface area contributed by atoms with Gasteiger partial charge in [-0.25, -0.2) is 9.78 Å². The van der Waals surface area contributed by atoms with E-state index in [1.54, 1.807) is 16.7 Å². The van der Waals surface area contributed by atoms with Crippen LogP contribution in [0.2, 0.25) is 0 Å². The van der Waals surface area contributed by atoms with E-state index in [0.717, 1.165) is 11.5 Å². The van der Waals surface area contributed by atoms with Crippen molar-refractivity contribution < 1.29 is 14.7 Å². The number of aryl methyl sites for hydroxylation is 1. The van der Waals surface area contributed by atoms with E-state index in [2.05, 4.69) is 14.7 Å². The number of urea groups is 1. The monoisotopic (exact) mass is 285 g/mol. The molecule has 1 aromatic rings. The van der Waals surface area contributed by atoms with Gasteiger partial charge in [0.1, 0.15) is 5.82 Å². The molecule has 0 spiro atoms. The van der Waals surface area contributed by atoms with E-state index in [0.29, 0.717) is 37.1 Å². The highest BCUT2D eigenvalue weighted by Gasteiger charge is 2.22. The summed E-state index contributed by atoms with van der Waals surface area (Å²) in [6.45, 7) is 3.93. The van der Waals surface area contributed by atoms with Gasteiger partial charge < -0.3 is 10.0 Å². The topological polar surface area (TPSA) is 98.7 Å². The van der Waals surface area contributed by atoms with Gasteiger partial charge in [-0.2, -0.15) is 4.37 Å². The number of carboxylic acids is 1. The van der Waals surface area contributed by atoms with Crippen LogP contribution in [0.5, 0.6) is 0 Å². The molecule has 0 aromatic carbocycles. The molecule has 1 aromatic heterocycles. The second-order valence-corrected chi connectivity index (χ2v) is 4.99. The number of carbonyl (C=O) groups is 2. The van der Waals surface area contributed by atoms with Crippen LogP contribution in [0.1, 0.15) is 5.82 Å². The maximum Gasteiger partial charge on any atom is 0.323 e. The summed E-state index contributed by atoms with van der Waals surface area (Å²) in [6.07, 6.45) is 0. The van der Waals surface area contributed by atoms with E-state index >= 15 is 0 Å². The first-order valence-electron chi connectivity index (χ1n) is 5.85. The fourth-order valence-electron chi connectivity index (χ4n) is 1.82. The molecule has 19 heavy (non-hydrogen) atoms. The fourth-order valence-corrected chi connectivity index (χ4v) is 2.38. The molecule has 2 amide bonds. The van der Waals surface area contributed by atoms with Crippen LogP contribution in [0.25, 0.3) is 0 Å². The van der Waals surface area contributed by atoms with E-state index in [9.17, 15) is 9.59 Å². The van der Waals surface area contributed by atoms with E-state index in [1.807, 2.05) is 0 Å². The smallest absolute Gasteiger partial charge is 0.323 e. The number of carboxylic acid groups (broad SMARTS) is 1. The maximum absolute atomic E-state index is 11.9. The molecule has 1 aliphatic rings. The van der Waals surface area contributed by atoms with Crippen molar-refractivity contribution in [2.24, 2.45) is 0 Å². The second kappa shape index (κ2) is 5.93. The first-order valence-corrected chi connectivity index (χ1v) is 6.62. The van der Waals surface area contributed by atoms with Gasteiger partial charge in [-0.1, -0.05) is 0 Å². The van der Waals surface area contributed by atoms with E-state index < -0.39 is 5.97 Å². The number of rotatable bonds is 3. The first-order chi connectivity index (χ1) is 9.04. The number of aromatic nitrogens is 2. The van der Waals surface area contributed by atoms with E-state index in [4.69, 9.17) is 5.11 Å². The summed E-state index contributed by atoms with van der Waals surface area (Å²) in [5.41, 5.74) is 0. The molecule has 2 heterocycles. The lowest BCUT2D eigenvalue weighted by Crippen LogP contribution is -2.51. The summed E-state index contributed by atoms with van der Waals surface area (Å²) in [5.74, 6) is -0.214. The number of nitrogens with one attached hydrogen (secondary N) is 1. The van der Waals surface area contributed by atoms with Crippen LogP contribution in [0.4, 0.5) is 9.93 Å². The Kier molecular flexibility index (Phi) is 4.27. The highest BCUT2D eigenvalue weighted by molar-refractivity contribution is 7.09. The third-order valence-corrected chi connectivity index (χ3v) is 3.48. The molecule has 8 nitrogen and oxygen atoms in total. The number of carbonyl (C=O) groups excluding carboxylic acids is 1. The Balaban J connectivity index is 1.80. The Morgan fingerprint density at radius 3 is 2.58 bits per heavy atom. The molecule has 0 bridgehead atoms. The molecular formula is C10H15N5O3S. The van der Waals surface area contributed by atoms with Gasteiger partial charge in [0.2, 0.25) is 5.13 Å². The van der Waals surface area contributed by atoms with Crippen molar-refractivity contribution in [1.82, 2.24) is 19.2 Å². The van der Waals surface area contributed by atoms with Crippen LogP contribution in [0.15, 0.2) is 0 Å². The Labute approximate surface area is 114 Å². The minimum atomic E-state index is -0.845. The van der Waals surface area contributed by atoms with Gasteiger partial charge in [0.25, 0.3) is 0 Å². The van der Waals surface area contributed by atoms with Gasteiger partial charge in [0.15, 0.2) is 0 Å². The lowest BCUT2D eigenvalue weighted by atomic mass is 10.3. The highest BCUT2D eigenvalue weighted by atomic mass is 32.1. The zero-order valence-electron chi connectivity index (χ0n) is 10.5. The van der Waals surface area contributed by atoms with Crippen LogP contribution in [-0.2, 0) is 4.79 Å². The Morgan fingerprint density at radius 2 is 2.05 bits per heavy atom. The Morgan fingerprint density at radius 1 is 1.37 bits per heavy atom. The quantitative estimate of drug-likeness (QED) is 0.816. The number of piperazine rings is 1. The predicted molar refractivity (Wildman–Crippen MR) is 69.3 cm³/mol. The first kappa shape index (κ1) is 13.7. The molecule has 2 rings (SSSR count). The largest absolute Gasteiger partial charge is 0.480 e. The molecule has 0 radical (unpaired) electrons. The number of hydrogen-bond acceptors (Lipinski definition) is 6. The summed E-state index contributed by atoms with van der Waals surface area (Å²) < 4.78 is 3.98. The standard InChI is InChI=1S/C10H15N5O3S/c1-7-11-9(19-13-7)12-10(18)15-4-2-14(3-5-15)6-8(16)17/h2-6H2,1H3,(H,16,17)(H,11,12,13,18). The van der Waals surface area contributed by atoms with Gasteiger partial charge in [0.05, 0.1) is 6.54 Å². The molecule has 0 aliphatic carbocycles. The average molecular weight is 285 g/mol. The maximum atomic E-state index is 11.9. The molecule has 0 saturated carbocycles. The summed E-state index contributed by atoms with van der Waals surface area (Å²) in [5, 5.41) is 11.9. The minimum Gasteiger partial charge on any atom is -0.480 e. The average Bonchev–Trinajstić information content (AvgIpc) is 2.75. The second-order valence-electron chi connectivity index (χ2n) is 4.23. The van der Waals surface area contributed by atoms with Crippen molar-refractivity contribution in [2.45, 2.75) is 6.92 Å². The van der Waals surface area contributed by atoms with Gasteiger partial charge in [-0.15, -0.1) is 0 Å². The minimum absolute atomic E-state index is 0.0189. The van der Waals surface area contributed by atoms with Crippen molar-refractivity contribution in [3.05, 3.63) is 5.82 Å². The van der Waals surface area contributed by atoms with Gasteiger partial charge in [0, 0.05) is 37.7 Å². The number of aliphatic carboxylic acids is 1. The summed E-state index contributed by atoms with van der Waals surface area (Å²) >= 11 is 1.14. The number of hydrogen-bond donors (Lipinski definition) is 2.